The number of aromatic nitrogens is 10. The standard InChI is InChI=1S/C24H25N2O.C24H27N2O.2C23H25N2O.C22H23N2O/c1-15-12-13-26(3)21(14-15)22-16(2)8-9-18-19-10-11-20(17-6-4-5-7-17)25-24(19)27-23(18)22;1-15-11-12-26(6)20(13-15)21-16(2)7-9-18-19-10-8-17(14-24(3,4)5)25-23(19)27-22(18)21;1-14-11-12-25(6)18(13-14)20-15(2)7-8-16-17-9-10-19(23(3,4)5)24-22(17)26-21(16)20;1-14(2)12-17-7-9-19-18-8-6-16(4)21(22(18)26-23(19)24-17)20-13-15(3)10-11-25(20)5;1-13(2)18-9-8-17-16-7-6-15(4)20(21(16)25-22(17)23-18)19-12-14(3)10-11-24(19)5/h8-14,17H,4-7H2,1-3H3;7-13H,14H2,1-6H3;7-13H,1-6H3;6-11,13-14H,12H2,1-5H3;6-13H,1-5H3/q5*+1/i6D2,17D;3D3,4D3;;1D3,14D;13D. The highest BCUT2D eigenvalue weighted by Gasteiger charge is 2.30. The first kappa shape index (κ1) is 73.4. The molecule has 0 saturated heterocycles. The van der Waals surface area contributed by atoms with E-state index < -0.39 is 50.0 Å². The van der Waals surface area contributed by atoms with Crippen molar-refractivity contribution >= 4 is 110 Å². The lowest BCUT2D eigenvalue weighted by molar-refractivity contribution is -0.660. The number of rotatable bonds is 10. The number of aryl methyl sites for hydroxylation is 15. The van der Waals surface area contributed by atoms with Gasteiger partial charge in [0.25, 0.3) is 0 Å². The van der Waals surface area contributed by atoms with E-state index in [1.165, 1.54) is 41.7 Å². The molecule has 0 spiro atoms. The summed E-state index contributed by atoms with van der Waals surface area (Å²) in [5, 5.41) is 9.68. The molecule has 1 aliphatic rings. The Morgan fingerprint density at radius 1 is 0.374 bits per heavy atom. The first-order valence-electron chi connectivity index (χ1n) is 51.9. The van der Waals surface area contributed by atoms with E-state index >= 15 is 0 Å². The van der Waals surface area contributed by atoms with Crippen LogP contribution in [0.4, 0.5) is 0 Å². The zero-order valence-corrected chi connectivity index (χ0v) is 79.3. The molecule has 15 heterocycles. The van der Waals surface area contributed by atoms with Crippen LogP contribution in [0.5, 0.6) is 0 Å². The molecule has 5 aromatic carbocycles. The van der Waals surface area contributed by atoms with Crippen molar-refractivity contribution < 1.29 is 64.1 Å². The lowest BCUT2D eigenvalue weighted by Gasteiger charge is -2.16. The smallest absolute Gasteiger partial charge is 0.227 e. The van der Waals surface area contributed by atoms with Crippen molar-refractivity contribution in [2.75, 3.05) is 0 Å². The largest absolute Gasteiger partial charge is 0.437 e. The maximum Gasteiger partial charge on any atom is 0.227 e. The molecule has 0 aliphatic heterocycles. The van der Waals surface area contributed by atoms with Crippen molar-refractivity contribution in [1.29, 1.82) is 0 Å². The highest BCUT2D eigenvalue weighted by molar-refractivity contribution is 6.13. The number of fused-ring (bicyclic) bond motifs is 15. The van der Waals surface area contributed by atoms with E-state index in [9.17, 15) is 0 Å². The molecule has 15 heteroatoms. The van der Waals surface area contributed by atoms with Crippen LogP contribution in [-0.2, 0) is 53.5 Å². The van der Waals surface area contributed by atoms with Gasteiger partial charge in [-0.25, -0.2) is 47.8 Å². The minimum absolute atomic E-state index is 0.00507. The van der Waals surface area contributed by atoms with Gasteiger partial charge in [0, 0.05) is 173 Å². The van der Waals surface area contributed by atoms with Crippen molar-refractivity contribution in [3.63, 3.8) is 0 Å². The highest BCUT2D eigenvalue weighted by Crippen LogP contribution is 2.45. The maximum absolute atomic E-state index is 8.81. The Balaban J connectivity index is 0.000000124. The molecule has 2 unspecified atom stereocenters. The van der Waals surface area contributed by atoms with Gasteiger partial charge < -0.3 is 22.1 Å². The van der Waals surface area contributed by atoms with Crippen LogP contribution in [0.1, 0.15) is 210 Å². The molecule has 1 fully saturated rings. The molecule has 0 bridgehead atoms. The van der Waals surface area contributed by atoms with Crippen molar-refractivity contribution in [3.8, 4) is 56.3 Å². The zero-order chi connectivity index (χ0) is 105. The average Bonchev–Trinajstić information content (AvgIpc) is 1.59. The van der Waals surface area contributed by atoms with E-state index in [4.69, 9.17) is 46.3 Å². The molecule has 20 aromatic rings. The molecule has 21 rings (SSSR count). The molecule has 664 valence electrons. The van der Waals surface area contributed by atoms with Gasteiger partial charge in [0.1, 0.15) is 35.2 Å². The van der Waals surface area contributed by atoms with E-state index in [0.29, 0.717) is 70.5 Å². The summed E-state index contributed by atoms with van der Waals surface area (Å²) < 4.78 is 154. The van der Waals surface area contributed by atoms with Crippen LogP contribution in [0.2, 0.25) is 0 Å². The zero-order valence-electron chi connectivity index (χ0n) is 93.3. The van der Waals surface area contributed by atoms with E-state index in [0.717, 1.165) is 172 Å². The molecular formula is C116H125N10O5+5. The predicted octanol–water partition coefficient (Wildman–Crippen LogP) is 27.3. The van der Waals surface area contributed by atoms with E-state index in [1.54, 1.807) is 18.2 Å². The molecule has 15 aromatic heterocycles. The van der Waals surface area contributed by atoms with Crippen LogP contribution in [0.25, 0.3) is 167 Å². The third-order valence-electron chi connectivity index (χ3n) is 25.0. The molecule has 0 radical (unpaired) electrons. The van der Waals surface area contributed by atoms with Crippen LogP contribution < -0.4 is 22.8 Å². The second kappa shape index (κ2) is 35.8. The van der Waals surface area contributed by atoms with Gasteiger partial charge >= 0.3 is 0 Å². The molecular weight excluding hydrogens is 1610 g/mol. The van der Waals surface area contributed by atoms with Gasteiger partial charge in [0.05, 0.1) is 27.8 Å². The average molecular weight is 1750 g/mol. The van der Waals surface area contributed by atoms with Crippen molar-refractivity contribution in [1.82, 2.24) is 24.9 Å². The van der Waals surface area contributed by atoms with E-state index in [2.05, 4.69) is 250 Å². The summed E-state index contributed by atoms with van der Waals surface area (Å²) in [6, 6.07) is 61.2. The molecule has 2 atom stereocenters. The number of furan rings is 5. The van der Waals surface area contributed by atoms with Gasteiger partial charge in [-0.3, -0.25) is 0 Å². The lowest BCUT2D eigenvalue weighted by atomic mass is 9.90. The second-order valence-electron chi connectivity index (χ2n) is 37.4. The van der Waals surface area contributed by atoms with Crippen LogP contribution in [-0.4, -0.2) is 24.9 Å². The lowest BCUT2D eigenvalue weighted by Crippen LogP contribution is -2.30. The van der Waals surface area contributed by atoms with Crippen LogP contribution in [0.3, 0.4) is 0 Å². The number of pyridine rings is 10. The Labute approximate surface area is 789 Å². The molecule has 1 saturated carbocycles. The number of nitrogens with zero attached hydrogens (tertiary/aromatic N) is 10. The van der Waals surface area contributed by atoms with Gasteiger partial charge in [0.15, 0.2) is 58.9 Å². The van der Waals surface area contributed by atoms with Crippen molar-refractivity contribution in [3.05, 3.63) is 297 Å². The second-order valence-corrected chi connectivity index (χ2v) is 37.4. The summed E-state index contributed by atoms with van der Waals surface area (Å²) in [6.45, 7) is 26.0. The Kier molecular flexibility index (Phi) is 20.1. The third kappa shape index (κ3) is 18.0. The molecule has 1 aliphatic carbocycles. The Morgan fingerprint density at radius 3 is 1.02 bits per heavy atom. The normalized spacial score (nSPS) is 16.4. The molecule has 0 amide bonds. The molecule has 15 nitrogen and oxygen atoms in total. The molecule has 0 N–H and O–H groups in total. The minimum Gasteiger partial charge on any atom is -0.437 e. The summed E-state index contributed by atoms with van der Waals surface area (Å²) in [7, 11) is 10.1. The van der Waals surface area contributed by atoms with Gasteiger partial charge in [-0.1, -0.05) is 143 Å². The summed E-state index contributed by atoms with van der Waals surface area (Å²) in [5.74, 6) is -3.70. The summed E-state index contributed by atoms with van der Waals surface area (Å²) >= 11 is 0. The summed E-state index contributed by atoms with van der Waals surface area (Å²) in [5.41, 5.74) is 30.0. The maximum atomic E-state index is 8.81. The SMILES string of the molecule is Cc1cc[n+](C)c(-c2c(C)ccc3c2oc2nc(C(C)(C)C)ccc23)c1.[2H]C(C)(C)c1ccc2c(n1)oc1c(-c3cc(C)cc[n+]3C)c(C)ccc12.[2H]C([2H])([2H])C(C)(Cc1ccc2c(n1)oc1c(-c3cc(C)cc[n+]3C)c(C)ccc12)C([2H])([2H])[2H].[2H]C([2H])([2H])C([2H])(C)Cc1ccc2c(n1)oc1c(-c3cc(C)cc[n+]3C)c(C)ccc12.[2H]C1([2H])CCCC1([2H])c1ccc2c(n1)oc1c(-c3cc(C)cc[n+]3C)c(C)ccc12. The molecule has 131 heavy (non-hydrogen) atoms. The van der Waals surface area contributed by atoms with Crippen molar-refractivity contribution in [2.45, 2.75) is 194 Å². The predicted molar refractivity (Wildman–Crippen MR) is 534 cm³/mol. The van der Waals surface area contributed by atoms with Crippen LogP contribution in [0.15, 0.2) is 235 Å². The van der Waals surface area contributed by atoms with Gasteiger partial charge in [-0.05, 0) is 228 Å². The monoisotopic (exact) mass is 1750 g/mol. The van der Waals surface area contributed by atoms with Crippen LogP contribution >= 0.6 is 0 Å². The van der Waals surface area contributed by atoms with Gasteiger partial charge in [0.2, 0.25) is 57.0 Å². The highest BCUT2D eigenvalue weighted by atomic mass is 16.4. The number of hydrogen-bond acceptors (Lipinski definition) is 10. The minimum atomic E-state index is -2.67. The van der Waals surface area contributed by atoms with Gasteiger partial charge in [-0.2, -0.15) is 0 Å². The fraction of sp³-hybridized carbons (Fsp3) is 0.310. The Hall–Kier alpha value is -13.4. The fourth-order valence-electron chi connectivity index (χ4n) is 17.9. The van der Waals surface area contributed by atoms with Crippen LogP contribution in [0, 0.1) is 80.5 Å². The fourth-order valence-corrected chi connectivity index (χ4v) is 17.9. The number of benzene rings is 5. The van der Waals surface area contributed by atoms with E-state index in [1.807, 2.05) is 127 Å². The Bertz CT molecular complexity index is 8340. The topological polar surface area (TPSA) is 150 Å². The number of hydrogen-bond donors (Lipinski definition) is 0. The first-order valence-corrected chi connectivity index (χ1v) is 44.9. The Morgan fingerprint density at radius 2 is 0.687 bits per heavy atom. The quantitative estimate of drug-likeness (QED) is 0.121. The van der Waals surface area contributed by atoms with Gasteiger partial charge in [-0.15, -0.1) is 0 Å². The van der Waals surface area contributed by atoms with Crippen molar-refractivity contribution in [2.24, 2.45) is 46.5 Å². The third-order valence-corrected chi connectivity index (χ3v) is 25.0. The summed E-state index contributed by atoms with van der Waals surface area (Å²) in [6.07, 6.45) is 10.0. The van der Waals surface area contributed by atoms with E-state index in [-0.39, 0.29) is 18.3 Å². The first-order chi connectivity index (χ1) is 67.9. The summed E-state index contributed by atoms with van der Waals surface area (Å²) in [4.78, 5) is 23.2.